The second kappa shape index (κ2) is 5.21. The van der Waals surface area contributed by atoms with E-state index in [0.717, 1.165) is 25.7 Å². The molecular weight excluding hydrogens is 387 g/mol. The predicted octanol–water partition coefficient (Wildman–Crippen LogP) is 3.63. The third-order valence-electron chi connectivity index (χ3n) is 3.21. The number of fused-ring (bicyclic) bond motifs is 1. The van der Waals surface area contributed by atoms with Crippen LogP contribution >= 0.6 is 34.2 Å². The number of hydrogen-bond donors (Lipinski definition) is 1. The molecule has 2 heterocycles. The van der Waals surface area contributed by atoms with Crippen molar-refractivity contribution in [3.05, 3.63) is 50.3 Å². The lowest BCUT2D eigenvalue weighted by Crippen LogP contribution is -2.07. The standard InChI is InChI=1S/C14H12ClIN4/c1-8-12(16)14(17)20(19-8)7-9-4-5-11(15)10-3-2-6-18-13(9)10/h2-6H,7,17H2,1H3. The molecule has 0 amide bonds. The van der Waals surface area contributed by atoms with Gasteiger partial charge in [-0.1, -0.05) is 17.7 Å². The van der Waals surface area contributed by atoms with Crippen LogP contribution in [0.3, 0.4) is 0 Å². The van der Waals surface area contributed by atoms with Crippen LogP contribution in [0.5, 0.6) is 0 Å². The molecule has 3 rings (SSSR count). The molecule has 0 unspecified atom stereocenters. The van der Waals surface area contributed by atoms with Crippen LogP contribution in [0.1, 0.15) is 11.3 Å². The minimum atomic E-state index is 0.584. The van der Waals surface area contributed by atoms with Crippen molar-refractivity contribution in [2.75, 3.05) is 5.73 Å². The Labute approximate surface area is 135 Å². The first-order chi connectivity index (χ1) is 9.58. The maximum absolute atomic E-state index is 6.20. The number of nitrogen functional groups attached to an aromatic ring is 1. The van der Waals surface area contributed by atoms with Crippen molar-refractivity contribution >= 4 is 50.9 Å². The van der Waals surface area contributed by atoms with Gasteiger partial charge in [-0.3, -0.25) is 4.98 Å². The molecule has 4 nitrogen and oxygen atoms in total. The zero-order valence-corrected chi connectivity index (χ0v) is 13.7. The summed E-state index contributed by atoms with van der Waals surface area (Å²) in [5.41, 5.74) is 8.95. The van der Waals surface area contributed by atoms with Gasteiger partial charge >= 0.3 is 0 Å². The van der Waals surface area contributed by atoms with Gasteiger partial charge in [-0.05, 0) is 47.7 Å². The van der Waals surface area contributed by atoms with Crippen LogP contribution in [-0.4, -0.2) is 14.8 Å². The lowest BCUT2D eigenvalue weighted by Gasteiger charge is -2.08. The number of benzene rings is 1. The second-order valence-electron chi connectivity index (χ2n) is 4.55. The van der Waals surface area contributed by atoms with Crippen molar-refractivity contribution in [1.82, 2.24) is 14.8 Å². The molecule has 0 bridgehead atoms. The SMILES string of the molecule is Cc1nn(Cc2ccc(Cl)c3cccnc23)c(N)c1I. The second-order valence-corrected chi connectivity index (χ2v) is 6.03. The van der Waals surface area contributed by atoms with E-state index in [-0.39, 0.29) is 0 Å². The molecule has 6 heteroatoms. The van der Waals surface area contributed by atoms with E-state index >= 15 is 0 Å². The Bertz CT molecular complexity index is 797. The Hall–Kier alpha value is -1.34. The Morgan fingerprint density at radius 2 is 2.15 bits per heavy atom. The molecule has 0 saturated carbocycles. The highest BCUT2D eigenvalue weighted by molar-refractivity contribution is 14.1. The average Bonchev–Trinajstić information content (AvgIpc) is 2.70. The molecule has 0 fully saturated rings. The number of pyridine rings is 1. The van der Waals surface area contributed by atoms with Crippen molar-refractivity contribution in [3.63, 3.8) is 0 Å². The van der Waals surface area contributed by atoms with E-state index in [1.807, 2.05) is 31.2 Å². The van der Waals surface area contributed by atoms with Crippen molar-refractivity contribution in [1.29, 1.82) is 0 Å². The smallest absolute Gasteiger partial charge is 0.135 e. The molecule has 0 aliphatic rings. The highest BCUT2D eigenvalue weighted by atomic mass is 127. The highest BCUT2D eigenvalue weighted by Gasteiger charge is 2.12. The average molecular weight is 399 g/mol. The van der Waals surface area contributed by atoms with Crippen LogP contribution in [0, 0.1) is 10.5 Å². The quantitative estimate of drug-likeness (QED) is 0.671. The Balaban J connectivity index is 2.11. The van der Waals surface area contributed by atoms with Gasteiger partial charge < -0.3 is 5.73 Å². The summed E-state index contributed by atoms with van der Waals surface area (Å²) in [6, 6.07) is 7.71. The van der Waals surface area contributed by atoms with Gasteiger partial charge in [0.25, 0.3) is 0 Å². The fourth-order valence-electron chi connectivity index (χ4n) is 2.18. The number of anilines is 1. The first kappa shape index (κ1) is 13.6. The van der Waals surface area contributed by atoms with Crippen LogP contribution in [-0.2, 0) is 6.54 Å². The van der Waals surface area contributed by atoms with E-state index in [4.69, 9.17) is 17.3 Å². The minimum absolute atomic E-state index is 0.584. The summed E-state index contributed by atoms with van der Waals surface area (Å²) in [7, 11) is 0. The van der Waals surface area contributed by atoms with E-state index in [2.05, 4.69) is 32.7 Å². The largest absolute Gasteiger partial charge is 0.383 e. The summed E-state index contributed by atoms with van der Waals surface area (Å²) >= 11 is 8.42. The van der Waals surface area contributed by atoms with Gasteiger partial charge in [-0.2, -0.15) is 5.10 Å². The number of aromatic nitrogens is 3. The number of aryl methyl sites for hydroxylation is 1. The molecule has 2 N–H and O–H groups in total. The highest BCUT2D eigenvalue weighted by Crippen LogP contribution is 2.26. The molecule has 0 aliphatic carbocycles. The molecule has 0 atom stereocenters. The molecule has 1 aromatic carbocycles. The molecule has 0 saturated heterocycles. The van der Waals surface area contributed by atoms with E-state index in [9.17, 15) is 0 Å². The summed E-state index contributed by atoms with van der Waals surface area (Å²) in [5.74, 6) is 0.683. The van der Waals surface area contributed by atoms with Gasteiger partial charge in [0.15, 0.2) is 0 Å². The maximum atomic E-state index is 6.20. The molecule has 0 spiro atoms. The van der Waals surface area contributed by atoms with E-state index in [1.54, 1.807) is 10.9 Å². The maximum Gasteiger partial charge on any atom is 0.135 e. The zero-order valence-electron chi connectivity index (χ0n) is 10.8. The summed E-state index contributed by atoms with van der Waals surface area (Å²) < 4.78 is 2.79. The normalized spacial score (nSPS) is 11.2. The van der Waals surface area contributed by atoms with Gasteiger partial charge in [0.1, 0.15) is 5.82 Å². The molecule has 2 aromatic heterocycles. The van der Waals surface area contributed by atoms with Gasteiger partial charge in [0.05, 0.1) is 21.3 Å². The fraction of sp³-hybridized carbons (Fsp3) is 0.143. The third kappa shape index (κ3) is 2.25. The van der Waals surface area contributed by atoms with Crippen LogP contribution in [0.4, 0.5) is 5.82 Å². The topological polar surface area (TPSA) is 56.7 Å². The predicted molar refractivity (Wildman–Crippen MR) is 89.9 cm³/mol. The third-order valence-corrected chi connectivity index (χ3v) is 4.87. The molecular formula is C14H12ClIN4. The minimum Gasteiger partial charge on any atom is -0.383 e. The molecule has 102 valence electrons. The summed E-state index contributed by atoms with van der Waals surface area (Å²) in [4.78, 5) is 4.43. The molecule has 3 aromatic rings. The van der Waals surface area contributed by atoms with E-state index < -0.39 is 0 Å². The summed E-state index contributed by atoms with van der Waals surface area (Å²) in [5, 5.41) is 6.11. The van der Waals surface area contributed by atoms with Crippen LogP contribution in [0.15, 0.2) is 30.5 Å². The van der Waals surface area contributed by atoms with Crippen molar-refractivity contribution < 1.29 is 0 Å². The molecule has 20 heavy (non-hydrogen) atoms. The van der Waals surface area contributed by atoms with Crippen molar-refractivity contribution in [3.8, 4) is 0 Å². The van der Waals surface area contributed by atoms with Crippen molar-refractivity contribution in [2.45, 2.75) is 13.5 Å². The van der Waals surface area contributed by atoms with Crippen molar-refractivity contribution in [2.24, 2.45) is 0 Å². The van der Waals surface area contributed by atoms with Gasteiger partial charge in [-0.25, -0.2) is 4.68 Å². The first-order valence-electron chi connectivity index (χ1n) is 6.08. The Morgan fingerprint density at radius 1 is 1.35 bits per heavy atom. The van der Waals surface area contributed by atoms with Crippen LogP contribution < -0.4 is 5.73 Å². The van der Waals surface area contributed by atoms with E-state index in [1.165, 1.54) is 0 Å². The number of rotatable bonds is 2. The molecule has 0 radical (unpaired) electrons. The summed E-state index contributed by atoms with van der Waals surface area (Å²) in [6.07, 6.45) is 1.77. The first-order valence-corrected chi connectivity index (χ1v) is 7.54. The van der Waals surface area contributed by atoms with Crippen LogP contribution in [0.2, 0.25) is 5.02 Å². The summed E-state index contributed by atoms with van der Waals surface area (Å²) in [6.45, 7) is 2.53. The monoisotopic (exact) mass is 398 g/mol. The number of hydrogen-bond acceptors (Lipinski definition) is 3. The van der Waals surface area contributed by atoms with E-state index in [0.29, 0.717) is 17.4 Å². The number of nitrogens with two attached hydrogens (primary N) is 1. The van der Waals surface area contributed by atoms with Gasteiger partial charge in [0, 0.05) is 22.2 Å². The number of halogens is 2. The van der Waals surface area contributed by atoms with Crippen LogP contribution in [0.25, 0.3) is 10.9 Å². The lowest BCUT2D eigenvalue weighted by molar-refractivity contribution is 0.691. The number of nitrogens with zero attached hydrogens (tertiary/aromatic N) is 3. The molecule has 0 aliphatic heterocycles. The lowest BCUT2D eigenvalue weighted by atomic mass is 10.1. The Kier molecular flexibility index (Phi) is 3.55. The Morgan fingerprint density at radius 3 is 2.85 bits per heavy atom. The van der Waals surface area contributed by atoms with Gasteiger partial charge in [0.2, 0.25) is 0 Å². The fourth-order valence-corrected chi connectivity index (χ4v) is 2.79. The zero-order chi connectivity index (χ0) is 14.3. The van der Waals surface area contributed by atoms with Gasteiger partial charge in [-0.15, -0.1) is 0 Å².